The molecule has 0 aliphatic heterocycles. The zero-order valence-electron chi connectivity index (χ0n) is 10.6. The van der Waals surface area contributed by atoms with Crippen LogP contribution in [0.2, 0.25) is 0 Å². The molecule has 2 rings (SSSR count). The third-order valence-electron chi connectivity index (χ3n) is 2.68. The minimum absolute atomic E-state index is 0.0387. The number of hydrogen-bond donors (Lipinski definition) is 3. The Kier molecular flexibility index (Phi) is 4.53. The Balaban J connectivity index is 2.27. The quantitative estimate of drug-likeness (QED) is 0.418. The fraction of sp³-hybridized carbons (Fsp3) is 0.0909. The molecule has 0 atom stereocenters. The van der Waals surface area contributed by atoms with E-state index in [2.05, 4.69) is 10.1 Å². The number of nitro benzene ring substituents is 1. The van der Waals surface area contributed by atoms with Crippen molar-refractivity contribution in [1.29, 1.82) is 0 Å². The number of rotatable bonds is 6. The van der Waals surface area contributed by atoms with Gasteiger partial charge in [-0.1, -0.05) is 0 Å². The van der Waals surface area contributed by atoms with E-state index >= 15 is 0 Å². The van der Waals surface area contributed by atoms with E-state index in [4.69, 9.17) is 5.84 Å². The molecule has 1 aromatic heterocycles. The number of nitrogens with zero attached hydrogens (tertiary/aromatic N) is 1. The maximum atomic E-state index is 12.1. The average molecular weight is 328 g/mol. The molecule has 10 heteroatoms. The van der Waals surface area contributed by atoms with E-state index in [1.165, 1.54) is 23.5 Å². The van der Waals surface area contributed by atoms with Gasteiger partial charge >= 0.3 is 0 Å². The summed E-state index contributed by atoms with van der Waals surface area (Å²) in [4.78, 5) is 10.0. The summed E-state index contributed by atoms with van der Waals surface area (Å²) in [5, 5.41) is 14.5. The van der Waals surface area contributed by atoms with Crippen LogP contribution in [0.25, 0.3) is 0 Å². The number of benzene rings is 1. The van der Waals surface area contributed by atoms with Crippen LogP contribution in [0, 0.1) is 10.1 Å². The van der Waals surface area contributed by atoms with E-state index in [0.29, 0.717) is 0 Å². The molecule has 0 aliphatic rings. The van der Waals surface area contributed by atoms with Gasteiger partial charge in [0.1, 0.15) is 5.69 Å². The molecule has 0 saturated heterocycles. The standard InChI is InChI=1S/C11H12N4O4S2/c12-14-10-2-1-9(5-11(10)15(16)17)21(18,19)13-6-8-3-4-20-7-8/h1-5,7,13-14H,6,12H2. The molecule has 4 N–H and O–H groups in total. The first-order valence-corrected chi connectivity index (χ1v) is 8.12. The van der Waals surface area contributed by atoms with Crippen LogP contribution in [0.5, 0.6) is 0 Å². The first-order chi connectivity index (χ1) is 9.94. The van der Waals surface area contributed by atoms with E-state index < -0.39 is 20.6 Å². The molecule has 0 fully saturated rings. The lowest BCUT2D eigenvalue weighted by Crippen LogP contribution is -2.23. The number of thiophene rings is 1. The molecular weight excluding hydrogens is 316 g/mol. The number of nitrogens with two attached hydrogens (primary N) is 1. The molecule has 0 spiro atoms. The van der Waals surface area contributed by atoms with Gasteiger partial charge in [-0.25, -0.2) is 13.1 Å². The van der Waals surface area contributed by atoms with Gasteiger partial charge in [-0.2, -0.15) is 11.3 Å². The first kappa shape index (κ1) is 15.4. The van der Waals surface area contributed by atoms with Crippen LogP contribution in [0.4, 0.5) is 11.4 Å². The molecule has 0 amide bonds. The number of hydrogen-bond acceptors (Lipinski definition) is 7. The summed E-state index contributed by atoms with van der Waals surface area (Å²) in [6, 6.07) is 5.25. The van der Waals surface area contributed by atoms with E-state index in [-0.39, 0.29) is 17.1 Å². The summed E-state index contributed by atoms with van der Waals surface area (Å²) in [5.74, 6) is 5.15. The summed E-state index contributed by atoms with van der Waals surface area (Å²) in [6.07, 6.45) is 0. The van der Waals surface area contributed by atoms with Crippen LogP contribution >= 0.6 is 11.3 Å². The van der Waals surface area contributed by atoms with Gasteiger partial charge in [0.25, 0.3) is 5.69 Å². The second-order valence-corrected chi connectivity index (χ2v) is 6.58. The summed E-state index contributed by atoms with van der Waals surface area (Å²) in [6.45, 7) is 0.122. The van der Waals surface area contributed by atoms with Gasteiger partial charge in [0, 0.05) is 12.6 Å². The Bertz CT molecular complexity index is 744. The molecule has 0 saturated carbocycles. The highest BCUT2D eigenvalue weighted by atomic mass is 32.2. The van der Waals surface area contributed by atoms with Gasteiger partial charge in [0.05, 0.1) is 9.82 Å². The smallest absolute Gasteiger partial charge is 0.294 e. The minimum atomic E-state index is -3.84. The maximum Gasteiger partial charge on any atom is 0.294 e. The lowest BCUT2D eigenvalue weighted by Gasteiger charge is -2.07. The molecular formula is C11H12N4O4S2. The largest absolute Gasteiger partial charge is 0.318 e. The van der Waals surface area contributed by atoms with Crippen LogP contribution in [0.3, 0.4) is 0 Å². The third kappa shape index (κ3) is 3.55. The second-order valence-electron chi connectivity index (χ2n) is 4.04. The van der Waals surface area contributed by atoms with Crippen molar-refractivity contribution in [2.24, 2.45) is 5.84 Å². The topological polar surface area (TPSA) is 127 Å². The van der Waals surface area contributed by atoms with Crippen molar-refractivity contribution in [2.75, 3.05) is 5.43 Å². The summed E-state index contributed by atoms with van der Waals surface area (Å²) >= 11 is 1.45. The third-order valence-corrected chi connectivity index (χ3v) is 4.81. The monoisotopic (exact) mass is 328 g/mol. The van der Waals surface area contributed by atoms with Crippen LogP contribution in [0.1, 0.15) is 5.56 Å². The Morgan fingerprint density at radius 3 is 2.67 bits per heavy atom. The molecule has 0 unspecified atom stereocenters. The Labute approximate surface area is 124 Å². The van der Waals surface area contributed by atoms with Crippen molar-refractivity contribution in [1.82, 2.24) is 4.72 Å². The molecule has 112 valence electrons. The second kappa shape index (κ2) is 6.18. The summed E-state index contributed by atoms with van der Waals surface area (Å²) < 4.78 is 26.6. The van der Waals surface area contributed by atoms with Crippen molar-refractivity contribution in [3.63, 3.8) is 0 Å². The summed E-state index contributed by atoms with van der Waals surface area (Å²) in [7, 11) is -3.84. The lowest BCUT2D eigenvalue weighted by molar-refractivity contribution is -0.384. The number of nitrogens with one attached hydrogen (secondary N) is 2. The molecule has 0 radical (unpaired) electrons. The van der Waals surface area contributed by atoms with Gasteiger partial charge < -0.3 is 5.43 Å². The molecule has 1 aromatic carbocycles. The zero-order valence-corrected chi connectivity index (χ0v) is 12.3. The SMILES string of the molecule is NNc1ccc(S(=O)(=O)NCc2ccsc2)cc1[N+](=O)[O-]. The highest BCUT2D eigenvalue weighted by Crippen LogP contribution is 2.26. The number of nitrogen functional groups attached to an aromatic ring is 1. The predicted octanol–water partition coefficient (Wildman–Crippen LogP) is 1.42. The van der Waals surface area contributed by atoms with Gasteiger partial charge in [-0.3, -0.25) is 16.0 Å². The average Bonchev–Trinajstić information content (AvgIpc) is 2.97. The van der Waals surface area contributed by atoms with Crippen LogP contribution in [0.15, 0.2) is 39.9 Å². The van der Waals surface area contributed by atoms with Crippen molar-refractivity contribution in [3.8, 4) is 0 Å². The van der Waals surface area contributed by atoms with E-state index in [0.717, 1.165) is 11.6 Å². The van der Waals surface area contributed by atoms with E-state index in [1.54, 1.807) is 6.07 Å². The fourth-order valence-electron chi connectivity index (χ4n) is 1.61. The van der Waals surface area contributed by atoms with Crippen LogP contribution in [-0.2, 0) is 16.6 Å². The van der Waals surface area contributed by atoms with Crippen LogP contribution in [-0.4, -0.2) is 13.3 Å². The number of hydrazine groups is 1. The zero-order chi connectivity index (χ0) is 15.5. The fourth-order valence-corrected chi connectivity index (χ4v) is 3.31. The Morgan fingerprint density at radius 2 is 2.10 bits per heavy atom. The maximum absolute atomic E-state index is 12.1. The molecule has 1 heterocycles. The van der Waals surface area contributed by atoms with E-state index in [9.17, 15) is 18.5 Å². The molecule has 2 aromatic rings. The van der Waals surface area contributed by atoms with Gasteiger partial charge in [0.15, 0.2) is 0 Å². The van der Waals surface area contributed by atoms with Crippen molar-refractivity contribution in [3.05, 3.63) is 50.7 Å². The minimum Gasteiger partial charge on any atom is -0.318 e. The summed E-state index contributed by atoms with van der Waals surface area (Å²) in [5.41, 5.74) is 2.60. The Hall–Kier alpha value is -2.01. The normalized spacial score (nSPS) is 11.3. The number of nitro groups is 1. The van der Waals surface area contributed by atoms with Gasteiger partial charge in [-0.15, -0.1) is 0 Å². The predicted molar refractivity (Wildman–Crippen MR) is 79.3 cm³/mol. The lowest BCUT2D eigenvalue weighted by atomic mass is 10.3. The highest BCUT2D eigenvalue weighted by molar-refractivity contribution is 7.89. The van der Waals surface area contributed by atoms with Gasteiger partial charge in [0.2, 0.25) is 10.0 Å². The van der Waals surface area contributed by atoms with Crippen molar-refractivity contribution in [2.45, 2.75) is 11.4 Å². The Morgan fingerprint density at radius 1 is 1.33 bits per heavy atom. The first-order valence-electron chi connectivity index (χ1n) is 5.70. The van der Waals surface area contributed by atoms with E-state index in [1.807, 2.05) is 10.8 Å². The number of sulfonamides is 1. The molecule has 8 nitrogen and oxygen atoms in total. The van der Waals surface area contributed by atoms with Crippen molar-refractivity contribution < 1.29 is 13.3 Å². The molecule has 0 aliphatic carbocycles. The number of anilines is 1. The molecule has 21 heavy (non-hydrogen) atoms. The van der Waals surface area contributed by atoms with Crippen molar-refractivity contribution >= 4 is 32.7 Å². The highest BCUT2D eigenvalue weighted by Gasteiger charge is 2.20. The van der Waals surface area contributed by atoms with Crippen LogP contribution < -0.4 is 16.0 Å². The van der Waals surface area contributed by atoms with Gasteiger partial charge in [-0.05, 0) is 34.5 Å². The molecule has 0 bridgehead atoms.